The second-order valence-corrected chi connectivity index (χ2v) is 4.58. The maximum atomic E-state index is 13.9. The van der Waals surface area contributed by atoms with Crippen molar-refractivity contribution in [1.29, 1.82) is 0 Å². The van der Waals surface area contributed by atoms with Crippen LogP contribution in [0.1, 0.15) is 30.9 Å². The van der Waals surface area contributed by atoms with Gasteiger partial charge in [0.25, 0.3) is 0 Å². The van der Waals surface area contributed by atoms with E-state index in [2.05, 4.69) is 18.8 Å². The molecule has 1 heterocycles. The Balaban J connectivity index is 2.60. The highest BCUT2D eigenvalue weighted by atomic mass is 19.1. The molecule has 0 saturated heterocycles. The molecule has 0 aliphatic carbocycles. The SMILES string of the molecule is Cc1ccc(-c2ncccc2C(C)C)c(F)c1. The number of aromatic nitrogens is 1. The van der Waals surface area contributed by atoms with Crippen LogP contribution in [0.5, 0.6) is 0 Å². The summed E-state index contributed by atoms with van der Waals surface area (Å²) in [6.07, 6.45) is 1.71. The fraction of sp³-hybridized carbons (Fsp3) is 0.267. The van der Waals surface area contributed by atoms with E-state index in [4.69, 9.17) is 0 Å². The van der Waals surface area contributed by atoms with Gasteiger partial charge in [-0.1, -0.05) is 26.0 Å². The van der Waals surface area contributed by atoms with Crippen LogP contribution in [0.3, 0.4) is 0 Å². The number of nitrogens with zero attached hydrogens (tertiary/aromatic N) is 1. The summed E-state index contributed by atoms with van der Waals surface area (Å²) < 4.78 is 13.9. The van der Waals surface area contributed by atoms with Crippen molar-refractivity contribution < 1.29 is 4.39 Å². The largest absolute Gasteiger partial charge is 0.256 e. The average Bonchev–Trinajstić information content (AvgIpc) is 2.29. The Labute approximate surface area is 101 Å². The molecule has 0 fully saturated rings. The molecule has 0 unspecified atom stereocenters. The molecule has 0 aliphatic rings. The van der Waals surface area contributed by atoms with Gasteiger partial charge in [0.1, 0.15) is 5.82 Å². The Morgan fingerprint density at radius 2 is 1.94 bits per heavy atom. The molecule has 0 saturated carbocycles. The highest BCUT2D eigenvalue weighted by Gasteiger charge is 2.12. The molecular formula is C15H16FN. The van der Waals surface area contributed by atoms with Crippen LogP contribution in [0.2, 0.25) is 0 Å². The third kappa shape index (κ3) is 2.36. The Bertz CT molecular complexity index is 532. The molecule has 1 aromatic carbocycles. The van der Waals surface area contributed by atoms with E-state index in [9.17, 15) is 4.39 Å². The molecule has 1 aromatic heterocycles. The number of benzene rings is 1. The molecular weight excluding hydrogens is 213 g/mol. The van der Waals surface area contributed by atoms with Crippen molar-refractivity contribution in [3.8, 4) is 11.3 Å². The lowest BCUT2D eigenvalue weighted by Crippen LogP contribution is -1.97. The number of rotatable bonds is 2. The Kier molecular flexibility index (Phi) is 3.23. The molecule has 0 atom stereocenters. The smallest absolute Gasteiger partial charge is 0.132 e. The summed E-state index contributed by atoms with van der Waals surface area (Å²) in [6, 6.07) is 9.17. The lowest BCUT2D eigenvalue weighted by molar-refractivity contribution is 0.629. The van der Waals surface area contributed by atoms with Crippen molar-refractivity contribution in [3.05, 3.63) is 53.5 Å². The number of halogens is 1. The highest BCUT2D eigenvalue weighted by Crippen LogP contribution is 2.29. The van der Waals surface area contributed by atoms with E-state index in [1.807, 2.05) is 25.1 Å². The summed E-state index contributed by atoms with van der Waals surface area (Å²) in [7, 11) is 0. The van der Waals surface area contributed by atoms with Crippen LogP contribution in [0.15, 0.2) is 36.5 Å². The van der Waals surface area contributed by atoms with Gasteiger partial charge in [-0.05, 0) is 42.2 Å². The van der Waals surface area contributed by atoms with Gasteiger partial charge in [-0.25, -0.2) is 4.39 Å². The standard InChI is InChI=1S/C15H16FN/c1-10(2)12-5-4-8-17-15(12)13-7-6-11(3)9-14(13)16/h4-10H,1-3H3. The average molecular weight is 229 g/mol. The maximum absolute atomic E-state index is 13.9. The normalized spacial score (nSPS) is 10.9. The van der Waals surface area contributed by atoms with Crippen LogP contribution in [-0.2, 0) is 0 Å². The zero-order chi connectivity index (χ0) is 12.4. The topological polar surface area (TPSA) is 12.9 Å². The number of aryl methyl sites for hydroxylation is 1. The first-order valence-corrected chi connectivity index (χ1v) is 5.81. The number of hydrogen-bond donors (Lipinski definition) is 0. The molecule has 2 aromatic rings. The molecule has 0 spiro atoms. The van der Waals surface area contributed by atoms with Gasteiger partial charge in [0, 0.05) is 11.8 Å². The van der Waals surface area contributed by atoms with Crippen LogP contribution in [0, 0.1) is 12.7 Å². The van der Waals surface area contributed by atoms with E-state index in [-0.39, 0.29) is 5.82 Å². The van der Waals surface area contributed by atoms with Gasteiger partial charge in [0.05, 0.1) is 5.69 Å². The van der Waals surface area contributed by atoms with E-state index in [1.165, 1.54) is 0 Å². The lowest BCUT2D eigenvalue weighted by Gasteiger charge is -2.12. The van der Waals surface area contributed by atoms with E-state index < -0.39 is 0 Å². The van der Waals surface area contributed by atoms with Gasteiger partial charge >= 0.3 is 0 Å². The molecule has 2 rings (SSSR count). The van der Waals surface area contributed by atoms with E-state index >= 15 is 0 Å². The first-order chi connectivity index (χ1) is 8.09. The minimum atomic E-state index is -0.203. The molecule has 0 radical (unpaired) electrons. The van der Waals surface area contributed by atoms with Gasteiger partial charge < -0.3 is 0 Å². The third-order valence-corrected chi connectivity index (χ3v) is 2.84. The Morgan fingerprint density at radius 1 is 1.18 bits per heavy atom. The third-order valence-electron chi connectivity index (χ3n) is 2.84. The van der Waals surface area contributed by atoms with Crippen LogP contribution < -0.4 is 0 Å². The molecule has 88 valence electrons. The van der Waals surface area contributed by atoms with Crippen LogP contribution in [-0.4, -0.2) is 4.98 Å². The first kappa shape index (κ1) is 11.8. The minimum Gasteiger partial charge on any atom is -0.256 e. The van der Waals surface area contributed by atoms with Gasteiger partial charge in [0.2, 0.25) is 0 Å². The molecule has 2 heteroatoms. The lowest BCUT2D eigenvalue weighted by atomic mass is 9.96. The van der Waals surface area contributed by atoms with E-state index in [0.717, 1.165) is 16.8 Å². The number of pyridine rings is 1. The van der Waals surface area contributed by atoms with Crippen molar-refractivity contribution in [2.24, 2.45) is 0 Å². The van der Waals surface area contributed by atoms with Gasteiger partial charge in [-0.3, -0.25) is 4.98 Å². The molecule has 0 aliphatic heterocycles. The van der Waals surface area contributed by atoms with Crippen LogP contribution in [0.25, 0.3) is 11.3 Å². The maximum Gasteiger partial charge on any atom is 0.132 e. The van der Waals surface area contributed by atoms with Crippen LogP contribution >= 0.6 is 0 Å². The van der Waals surface area contributed by atoms with Crippen molar-refractivity contribution in [2.75, 3.05) is 0 Å². The second kappa shape index (κ2) is 4.66. The summed E-state index contributed by atoms with van der Waals surface area (Å²) in [5, 5.41) is 0. The zero-order valence-electron chi connectivity index (χ0n) is 10.4. The van der Waals surface area contributed by atoms with Crippen molar-refractivity contribution in [2.45, 2.75) is 26.7 Å². The highest BCUT2D eigenvalue weighted by molar-refractivity contribution is 5.64. The Hall–Kier alpha value is -1.70. The Morgan fingerprint density at radius 3 is 2.59 bits per heavy atom. The molecule has 17 heavy (non-hydrogen) atoms. The van der Waals surface area contributed by atoms with Crippen molar-refractivity contribution in [3.63, 3.8) is 0 Å². The number of hydrogen-bond acceptors (Lipinski definition) is 1. The summed E-state index contributed by atoms with van der Waals surface area (Å²) in [4.78, 5) is 4.32. The van der Waals surface area contributed by atoms with E-state index in [0.29, 0.717) is 11.5 Å². The predicted molar refractivity (Wildman–Crippen MR) is 68.5 cm³/mol. The summed E-state index contributed by atoms with van der Waals surface area (Å²) >= 11 is 0. The molecule has 1 nitrogen and oxygen atoms in total. The molecule has 0 amide bonds. The summed E-state index contributed by atoms with van der Waals surface area (Å²) in [5.74, 6) is 0.130. The van der Waals surface area contributed by atoms with Gasteiger partial charge in [0.15, 0.2) is 0 Å². The molecule has 0 N–H and O–H groups in total. The first-order valence-electron chi connectivity index (χ1n) is 5.81. The molecule has 0 bridgehead atoms. The van der Waals surface area contributed by atoms with Crippen LogP contribution in [0.4, 0.5) is 4.39 Å². The summed E-state index contributed by atoms with van der Waals surface area (Å²) in [6.45, 7) is 6.06. The van der Waals surface area contributed by atoms with Crippen molar-refractivity contribution >= 4 is 0 Å². The van der Waals surface area contributed by atoms with Gasteiger partial charge in [-0.15, -0.1) is 0 Å². The van der Waals surface area contributed by atoms with Gasteiger partial charge in [-0.2, -0.15) is 0 Å². The van der Waals surface area contributed by atoms with Crippen molar-refractivity contribution in [1.82, 2.24) is 4.98 Å². The predicted octanol–water partition coefficient (Wildman–Crippen LogP) is 4.32. The fourth-order valence-electron chi connectivity index (χ4n) is 1.92. The quantitative estimate of drug-likeness (QED) is 0.747. The second-order valence-electron chi connectivity index (χ2n) is 4.58. The minimum absolute atomic E-state index is 0.203. The zero-order valence-corrected chi connectivity index (χ0v) is 10.4. The van der Waals surface area contributed by atoms with E-state index in [1.54, 1.807) is 18.3 Å². The monoisotopic (exact) mass is 229 g/mol. The summed E-state index contributed by atoms with van der Waals surface area (Å²) in [5.41, 5.74) is 3.34. The fourth-order valence-corrected chi connectivity index (χ4v) is 1.92.